The normalized spacial score (nSPS) is 10.5. The number of carbonyl (C=O) groups excluding carboxylic acids is 1. The second-order valence-corrected chi connectivity index (χ2v) is 3.17. The van der Waals surface area contributed by atoms with Crippen LogP contribution in [0.3, 0.4) is 0 Å². The number of fused-ring (bicyclic) bond motifs is 1. The number of benzene rings is 1. The Morgan fingerprint density at radius 3 is 3.00 bits per heavy atom. The summed E-state index contributed by atoms with van der Waals surface area (Å²) in [5, 5.41) is 1.08. The van der Waals surface area contributed by atoms with Gasteiger partial charge >= 0.3 is 0 Å². The molecule has 5 heteroatoms. The number of para-hydroxylation sites is 2. The summed E-state index contributed by atoms with van der Waals surface area (Å²) in [6.45, 7) is 1.77. The first-order valence-corrected chi connectivity index (χ1v) is 4.74. The molecule has 0 aliphatic rings. The summed E-state index contributed by atoms with van der Waals surface area (Å²) in [7, 11) is 0. The summed E-state index contributed by atoms with van der Waals surface area (Å²) in [5.41, 5.74) is 1.64. The molecule has 0 radical (unpaired) electrons. The van der Waals surface area contributed by atoms with Crippen molar-refractivity contribution >= 4 is 16.9 Å². The minimum atomic E-state index is -0.154. The van der Waals surface area contributed by atoms with Gasteiger partial charge in [0.05, 0.1) is 11.0 Å². The molecule has 0 aliphatic heterocycles. The van der Waals surface area contributed by atoms with Gasteiger partial charge in [0.1, 0.15) is 6.33 Å². The number of imidazole rings is 1. The molecule has 2 aromatic rings. The third-order valence-corrected chi connectivity index (χ3v) is 2.22. The van der Waals surface area contributed by atoms with Crippen LogP contribution in [0.2, 0.25) is 0 Å². The van der Waals surface area contributed by atoms with Crippen molar-refractivity contribution < 1.29 is 4.79 Å². The summed E-state index contributed by atoms with van der Waals surface area (Å²) >= 11 is 0. The van der Waals surface area contributed by atoms with Crippen molar-refractivity contribution in [2.24, 2.45) is 5.84 Å². The second kappa shape index (κ2) is 3.70. The van der Waals surface area contributed by atoms with E-state index < -0.39 is 0 Å². The molecule has 0 atom stereocenters. The van der Waals surface area contributed by atoms with E-state index in [4.69, 9.17) is 5.84 Å². The van der Waals surface area contributed by atoms with Gasteiger partial charge in [0.2, 0.25) is 0 Å². The van der Waals surface area contributed by atoms with Crippen molar-refractivity contribution in [3.63, 3.8) is 0 Å². The van der Waals surface area contributed by atoms with E-state index >= 15 is 0 Å². The number of rotatable bonds is 2. The van der Waals surface area contributed by atoms with Crippen molar-refractivity contribution in [3.8, 4) is 0 Å². The minimum absolute atomic E-state index is 0.154. The van der Waals surface area contributed by atoms with Gasteiger partial charge in [-0.15, -0.1) is 0 Å². The van der Waals surface area contributed by atoms with Gasteiger partial charge in [0.15, 0.2) is 0 Å². The topological polar surface area (TPSA) is 64.2 Å². The summed E-state index contributed by atoms with van der Waals surface area (Å²) in [6, 6.07) is 7.51. The molecule has 0 aliphatic carbocycles. The third-order valence-electron chi connectivity index (χ3n) is 2.22. The lowest BCUT2D eigenvalue weighted by Gasteiger charge is -2.16. The van der Waals surface area contributed by atoms with E-state index in [1.165, 1.54) is 6.33 Å². The maximum Gasteiger partial charge on any atom is 0.255 e. The fourth-order valence-corrected chi connectivity index (χ4v) is 1.40. The summed E-state index contributed by atoms with van der Waals surface area (Å²) in [5.74, 6) is 5.51. The zero-order chi connectivity index (χ0) is 10.8. The average Bonchev–Trinajstić information content (AvgIpc) is 2.70. The molecule has 1 aromatic heterocycles. The fourth-order valence-electron chi connectivity index (χ4n) is 1.40. The van der Waals surface area contributed by atoms with Gasteiger partial charge in [0.25, 0.3) is 5.91 Å². The Balaban J connectivity index is 2.48. The Hall–Kier alpha value is -1.88. The third kappa shape index (κ3) is 1.57. The molecule has 1 aromatic carbocycles. The minimum Gasteiger partial charge on any atom is -0.272 e. The molecule has 0 saturated carbocycles. The molecular weight excluding hydrogens is 192 g/mol. The number of nitrogens with two attached hydrogens (primary N) is 1. The number of aromatic nitrogens is 2. The molecule has 0 bridgehead atoms. The Morgan fingerprint density at radius 2 is 2.27 bits per heavy atom. The lowest BCUT2D eigenvalue weighted by atomic mass is 10.3. The lowest BCUT2D eigenvalue weighted by Crippen LogP contribution is -2.45. The van der Waals surface area contributed by atoms with Crippen LogP contribution >= 0.6 is 0 Å². The standard InChI is InChI=1S/C10H12N4O/c1-2-10(15)14(11)13-7-12-8-5-3-4-6-9(8)13/h3-7H,2,11H2,1H3. The maximum absolute atomic E-state index is 11.4. The first-order valence-electron chi connectivity index (χ1n) is 4.74. The molecule has 2 N–H and O–H groups in total. The van der Waals surface area contributed by atoms with Crippen LogP contribution < -0.4 is 11.0 Å². The molecule has 78 valence electrons. The number of nitrogens with zero attached hydrogens (tertiary/aromatic N) is 3. The van der Waals surface area contributed by atoms with Crippen molar-refractivity contribution in [1.82, 2.24) is 9.66 Å². The molecule has 2 rings (SSSR count). The van der Waals surface area contributed by atoms with E-state index in [1.807, 2.05) is 24.3 Å². The van der Waals surface area contributed by atoms with Crippen LogP contribution in [0.25, 0.3) is 11.0 Å². The number of hydrogen-bond acceptors (Lipinski definition) is 3. The predicted molar refractivity (Wildman–Crippen MR) is 57.4 cm³/mol. The van der Waals surface area contributed by atoms with E-state index in [0.29, 0.717) is 6.42 Å². The zero-order valence-electron chi connectivity index (χ0n) is 8.42. The molecule has 0 saturated heterocycles. The fraction of sp³-hybridized carbons (Fsp3) is 0.200. The van der Waals surface area contributed by atoms with Crippen LogP contribution in [0.4, 0.5) is 0 Å². The molecule has 0 unspecified atom stereocenters. The first-order chi connectivity index (χ1) is 7.24. The van der Waals surface area contributed by atoms with Gasteiger partial charge in [-0.1, -0.05) is 19.1 Å². The first kappa shape index (κ1) is 9.67. The number of amides is 1. The van der Waals surface area contributed by atoms with Crippen LogP contribution in [0.1, 0.15) is 13.3 Å². The highest BCUT2D eigenvalue weighted by Crippen LogP contribution is 2.11. The molecule has 15 heavy (non-hydrogen) atoms. The molecule has 1 amide bonds. The van der Waals surface area contributed by atoms with Gasteiger partial charge in [0, 0.05) is 6.42 Å². The highest BCUT2D eigenvalue weighted by molar-refractivity contribution is 5.87. The lowest BCUT2D eigenvalue weighted by molar-refractivity contribution is -0.119. The van der Waals surface area contributed by atoms with Crippen LogP contribution in [-0.4, -0.2) is 15.6 Å². The number of hydrazine groups is 1. The molecule has 1 heterocycles. The summed E-state index contributed by atoms with van der Waals surface area (Å²) in [4.78, 5) is 15.6. The van der Waals surface area contributed by atoms with Gasteiger partial charge in [-0.05, 0) is 12.1 Å². The van der Waals surface area contributed by atoms with Crippen LogP contribution in [0.5, 0.6) is 0 Å². The SMILES string of the molecule is CCC(=O)N(N)n1cnc2ccccc21. The van der Waals surface area contributed by atoms with E-state index in [0.717, 1.165) is 16.2 Å². The van der Waals surface area contributed by atoms with Crippen molar-refractivity contribution in [2.75, 3.05) is 5.12 Å². The smallest absolute Gasteiger partial charge is 0.255 e. The predicted octanol–water partition coefficient (Wildman–Crippen LogP) is 0.785. The zero-order valence-corrected chi connectivity index (χ0v) is 8.42. The Morgan fingerprint density at radius 1 is 1.53 bits per heavy atom. The van der Waals surface area contributed by atoms with E-state index in [2.05, 4.69) is 4.98 Å². The van der Waals surface area contributed by atoms with Gasteiger partial charge in [-0.3, -0.25) is 4.79 Å². The average molecular weight is 204 g/mol. The molecule has 5 nitrogen and oxygen atoms in total. The van der Waals surface area contributed by atoms with Crippen molar-refractivity contribution in [1.29, 1.82) is 0 Å². The number of carbonyl (C=O) groups is 1. The summed E-state index contributed by atoms with van der Waals surface area (Å²) in [6.07, 6.45) is 1.90. The van der Waals surface area contributed by atoms with Crippen molar-refractivity contribution in [2.45, 2.75) is 13.3 Å². The Bertz CT molecular complexity index is 491. The van der Waals surface area contributed by atoms with Gasteiger partial charge < -0.3 is 0 Å². The van der Waals surface area contributed by atoms with E-state index in [9.17, 15) is 4.79 Å². The molecule has 0 fully saturated rings. The Labute approximate surface area is 87.0 Å². The largest absolute Gasteiger partial charge is 0.272 e. The molecule has 0 spiro atoms. The highest BCUT2D eigenvalue weighted by Gasteiger charge is 2.11. The maximum atomic E-state index is 11.4. The van der Waals surface area contributed by atoms with E-state index in [-0.39, 0.29) is 5.91 Å². The van der Waals surface area contributed by atoms with Crippen LogP contribution in [0, 0.1) is 0 Å². The second-order valence-electron chi connectivity index (χ2n) is 3.17. The quantitative estimate of drug-likeness (QED) is 0.446. The summed E-state index contributed by atoms with van der Waals surface area (Å²) < 4.78 is 1.54. The van der Waals surface area contributed by atoms with Crippen molar-refractivity contribution in [3.05, 3.63) is 30.6 Å². The van der Waals surface area contributed by atoms with E-state index in [1.54, 1.807) is 11.6 Å². The molecular formula is C10H12N4O. The number of hydrogen-bond donors (Lipinski definition) is 1. The van der Waals surface area contributed by atoms with Crippen LogP contribution in [0.15, 0.2) is 30.6 Å². The van der Waals surface area contributed by atoms with Crippen LogP contribution in [-0.2, 0) is 4.79 Å². The monoisotopic (exact) mass is 204 g/mol. The Kier molecular flexibility index (Phi) is 2.39. The van der Waals surface area contributed by atoms with Gasteiger partial charge in [-0.25, -0.2) is 15.5 Å². The van der Waals surface area contributed by atoms with Gasteiger partial charge in [-0.2, -0.15) is 5.12 Å². The highest BCUT2D eigenvalue weighted by atomic mass is 16.2.